The van der Waals surface area contributed by atoms with Gasteiger partial charge in [0.05, 0.1) is 20.9 Å². The van der Waals surface area contributed by atoms with Crippen molar-refractivity contribution in [2.75, 3.05) is 0 Å². The third-order valence-electron chi connectivity index (χ3n) is 1.81. The van der Waals surface area contributed by atoms with Gasteiger partial charge in [-0.1, -0.05) is 44.1 Å². The van der Waals surface area contributed by atoms with Crippen molar-refractivity contribution in [1.29, 1.82) is 0 Å². The van der Waals surface area contributed by atoms with E-state index in [1.807, 2.05) is 30.3 Å². The minimum atomic E-state index is -0.737. The molecule has 0 saturated heterocycles. The lowest BCUT2D eigenvalue weighted by Crippen LogP contribution is -2.11. The third kappa shape index (κ3) is 11.2. The molecule has 1 rings (SSSR count). The Morgan fingerprint density at radius 2 is 1.76 bits per heavy atom. The standard InChI is InChI=1S/C10H12O2.CH3B2.CH3B/c1-8(10(11)12)7-9-5-3-2-4-6-9;1-3-2;1-2/h2-6,8H,7H2,1H3,(H,11,12);1H3;1H3/t8-;;/m0../s1. The number of carbonyl (C=O) groups is 1. The molecule has 1 atom stereocenters. The predicted octanol–water partition coefficient (Wildman–Crippen LogP) is 1.97. The normalized spacial score (nSPS) is 9.82. The molecule has 0 aliphatic heterocycles. The molecule has 0 spiro atoms. The molecule has 0 heterocycles. The van der Waals surface area contributed by atoms with Crippen LogP contribution in [0.5, 0.6) is 0 Å². The molecule has 1 aromatic carbocycles. The number of hydrogen-bond donors (Lipinski definition) is 1. The fourth-order valence-corrected chi connectivity index (χ4v) is 1.05. The van der Waals surface area contributed by atoms with Crippen LogP contribution >= 0.6 is 0 Å². The maximum atomic E-state index is 10.5. The van der Waals surface area contributed by atoms with Gasteiger partial charge in [0.25, 0.3) is 0 Å². The van der Waals surface area contributed by atoms with E-state index in [0.29, 0.717) is 6.42 Å². The minimum absolute atomic E-state index is 0.299. The number of benzene rings is 1. The monoisotopic (exact) mass is 227 g/mol. The molecule has 0 fully saturated rings. The van der Waals surface area contributed by atoms with Gasteiger partial charge in [-0.2, -0.15) is 0 Å². The van der Waals surface area contributed by atoms with Crippen LogP contribution in [0.2, 0.25) is 13.6 Å². The van der Waals surface area contributed by atoms with E-state index >= 15 is 0 Å². The van der Waals surface area contributed by atoms with E-state index in [4.69, 9.17) is 12.8 Å². The zero-order valence-electron chi connectivity index (χ0n) is 10.8. The van der Waals surface area contributed by atoms with E-state index in [1.165, 1.54) is 14.0 Å². The zero-order valence-corrected chi connectivity index (χ0v) is 10.8. The first-order valence-electron chi connectivity index (χ1n) is 5.45. The molecule has 0 aliphatic carbocycles. The molecule has 17 heavy (non-hydrogen) atoms. The molecule has 5 radical (unpaired) electrons. The molecule has 87 valence electrons. The van der Waals surface area contributed by atoms with E-state index in [1.54, 1.807) is 13.7 Å². The summed E-state index contributed by atoms with van der Waals surface area (Å²) in [6, 6.07) is 9.65. The average Bonchev–Trinajstić information content (AvgIpc) is 2.34. The lowest BCUT2D eigenvalue weighted by atomic mass is 9.59. The van der Waals surface area contributed by atoms with Gasteiger partial charge in [-0.25, -0.2) is 0 Å². The van der Waals surface area contributed by atoms with E-state index in [-0.39, 0.29) is 5.92 Å². The van der Waals surface area contributed by atoms with Crippen LogP contribution in [0.4, 0.5) is 0 Å². The third-order valence-corrected chi connectivity index (χ3v) is 1.81. The second-order valence-corrected chi connectivity index (χ2v) is 3.26. The summed E-state index contributed by atoms with van der Waals surface area (Å²) in [5.74, 6) is -1.04. The number of carboxylic acids is 1. The lowest BCUT2D eigenvalue weighted by Gasteiger charge is -2.04. The van der Waals surface area contributed by atoms with Gasteiger partial charge in [-0.3, -0.25) is 4.79 Å². The number of carboxylic acid groups (broad SMARTS) is 1. The van der Waals surface area contributed by atoms with Gasteiger partial charge in [0.2, 0.25) is 0 Å². The van der Waals surface area contributed by atoms with Gasteiger partial charge < -0.3 is 5.11 Å². The largest absolute Gasteiger partial charge is 0.481 e. The first-order chi connectivity index (χ1) is 8.11. The Labute approximate surface area is 108 Å². The highest BCUT2D eigenvalue weighted by Gasteiger charge is 2.10. The smallest absolute Gasteiger partial charge is 0.306 e. The Morgan fingerprint density at radius 1 is 1.35 bits per heavy atom. The molecule has 1 aromatic rings. The summed E-state index contributed by atoms with van der Waals surface area (Å²) < 4.78 is 0. The van der Waals surface area contributed by atoms with Crippen LogP contribution in [0.1, 0.15) is 12.5 Å². The van der Waals surface area contributed by atoms with Gasteiger partial charge in [-0.05, 0) is 12.0 Å². The molecular formula is C12H18B3O2. The van der Waals surface area contributed by atoms with Crippen molar-refractivity contribution in [3.8, 4) is 0 Å². The maximum absolute atomic E-state index is 10.5. The average molecular weight is 227 g/mol. The van der Waals surface area contributed by atoms with Gasteiger partial charge >= 0.3 is 5.97 Å². The van der Waals surface area contributed by atoms with E-state index in [2.05, 4.69) is 7.85 Å². The Kier molecular flexibility index (Phi) is 13.9. The highest BCUT2D eigenvalue weighted by molar-refractivity contribution is 6.88. The van der Waals surface area contributed by atoms with Gasteiger partial charge in [0.15, 0.2) is 0 Å². The summed E-state index contributed by atoms with van der Waals surface area (Å²) in [6.45, 7) is 5.00. The molecule has 0 bridgehead atoms. The molecule has 0 unspecified atom stereocenters. The highest BCUT2D eigenvalue weighted by atomic mass is 16.4. The van der Waals surface area contributed by atoms with Crippen LogP contribution in [-0.4, -0.2) is 33.8 Å². The summed E-state index contributed by atoms with van der Waals surface area (Å²) in [5, 5.41) is 8.64. The van der Waals surface area contributed by atoms with Crippen molar-refractivity contribution in [2.24, 2.45) is 5.92 Å². The maximum Gasteiger partial charge on any atom is 0.306 e. The minimum Gasteiger partial charge on any atom is -0.481 e. The summed E-state index contributed by atoms with van der Waals surface area (Å²) in [6.07, 6.45) is 0.607. The fraction of sp³-hybridized carbons (Fsp3) is 0.417. The molecule has 5 heteroatoms. The zero-order chi connectivity index (χ0) is 13.7. The lowest BCUT2D eigenvalue weighted by molar-refractivity contribution is -0.141. The van der Waals surface area contributed by atoms with Crippen LogP contribution in [0.25, 0.3) is 0 Å². The van der Waals surface area contributed by atoms with Gasteiger partial charge in [0.1, 0.15) is 0 Å². The predicted molar refractivity (Wildman–Crippen MR) is 75.9 cm³/mol. The number of rotatable bonds is 3. The quantitative estimate of drug-likeness (QED) is 0.801. The van der Waals surface area contributed by atoms with Crippen LogP contribution in [0.15, 0.2) is 30.3 Å². The Hall–Kier alpha value is -1.12. The van der Waals surface area contributed by atoms with Crippen molar-refractivity contribution >= 4 is 28.7 Å². The summed E-state index contributed by atoms with van der Waals surface area (Å²) in [4.78, 5) is 10.5. The van der Waals surface area contributed by atoms with Gasteiger partial charge in [0, 0.05) is 7.74 Å². The second kappa shape index (κ2) is 13.0. The van der Waals surface area contributed by atoms with E-state index in [9.17, 15) is 4.79 Å². The highest BCUT2D eigenvalue weighted by Crippen LogP contribution is 2.07. The van der Waals surface area contributed by atoms with Crippen LogP contribution in [0, 0.1) is 5.92 Å². The van der Waals surface area contributed by atoms with Crippen molar-refractivity contribution in [3.63, 3.8) is 0 Å². The Bertz CT molecular complexity index is 278. The second-order valence-electron chi connectivity index (χ2n) is 3.26. The SMILES string of the molecule is C[C@@H](Cc1ccccc1)C(=O)O.[B]C.[B][B]C. The first-order valence-corrected chi connectivity index (χ1v) is 5.45. The molecule has 1 N–H and O–H groups in total. The molecule has 0 saturated carbocycles. The van der Waals surface area contributed by atoms with Crippen LogP contribution in [-0.2, 0) is 11.2 Å². The Morgan fingerprint density at radius 3 is 2.12 bits per heavy atom. The first kappa shape index (κ1) is 18.3. The van der Waals surface area contributed by atoms with Crippen LogP contribution in [0.3, 0.4) is 0 Å². The summed E-state index contributed by atoms with van der Waals surface area (Å²) >= 11 is 0. The van der Waals surface area contributed by atoms with Gasteiger partial charge in [-0.15, -0.1) is 6.82 Å². The van der Waals surface area contributed by atoms with E-state index < -0.39 is 5.97 Å². The summed E-state index contributed by atoms with van der Waals surface area (Å²) in [5.41, 5.74) is 1.08. The van der Waals surface area contributed by atoms with Crippen molar-refractivity contribution in [1.82, 2.24) is 0 Å². The van der Waals surface area contributed by atoms with Crippen molar-refractivity contribution in [3.05, 3.63) is 35.9 Å². The molecule has 2 nitrogen and oxygen atoms in total. The summed E-state index contributed by atoms with van der Waals surface area (Å²) in [7, 11) is 10.7. The molecule has 0 aromatic heterocycles. The van der Waals surface area contributed by atoms with E-state index in [0.717, 1.165) is 5.56 Å². The van der Waals surface area contributed by atoms with Crippen molar-refractivity contribution < 1.29 is 9.90 Å². The molecule has 0 aliphatic rings. The molecule has 0 amide bonds. The topological polar surface area (TPSA) is 37.3 Å². The number of hydrogen-bond acceptors (Lipinski definition) is 1. The van der Waals surface area contributed by atoms with Crippen LogP contribution < -0.4 is 0 Å². The number of aliphatic carboxylic acids is 1. The Balaban J connectivity index is 0. The van der Waals surface area contributed by atoms with Crippen molar-refractivity contribution in [2.45, 2.75) is 27.0 Å². The molecular weight excluding hydrogens is 209 g/mol. The fourth-order valence-electron chi connectivity index (χ4n) is 1.05.